The van der Waals surface area contributed by atoms with Gasteiger partial charge in [0.1, 0.15) is 5.75 Å². The number of hydrogen-bond donors (Lipinski definition) is 1. The van der Waals surface area contributed by atoms with E-state index in [1.807, 2.05) is 26.0 Å². The predicted octanol–water partition coefficient (Wildman–Crippen LogP) is 3.44. The Morgan fingerprint density at radius 1 is 1.28 bits per heavy atom. The highest BCUT2D eigenvalue weighted by molar-refractivity contribution is 5.80. The largest absolute Gasteiger partial charge is 0.491 e. The quantitative estimate of drug-likeness (QED) is 0.606. The lowest BCUT2D eigenvalue weighted by Gasteiger charge is -2.34. The van der Waals surface area contributed by atoms with E-state index >= 15 is 0 Å². The number of rotatable bonds is 7. The van der Waals surface area contributed by atoms with Crippen molar-refractivity contribution in [3.8, 4) is 5.75 Å². The number of ether oxygens (including phenoxy) is 2. The van der Waals surface area contributed by atoms with Gasteiger partial charge in [0.05, 0.1) is 18.8 Å². The number of nitrogens with one attached hydrogen (secondary N) is 1. The summed E-state index contributed by atoms with van der Waals surface area (Å²) < 4.78 is 11.5. The van der Waals surface area contributed by atoms with Crippen molar-refractivity contribution in [1.82, 2.24) is 10.2 Å². The van der Waals surface area contributed by atoms with Gasteiger partial charge in [0.25, 0.3) is 0 Å². The van der Waals surface area contributed by atoms with E-state index in [2.05, 4.69) is 36.2 Å². The fourth-order valence-electron chi connectivity index (χ4n) is 3.05. The van der Waals surface area contributed by atoms with Crippen molar-refractivity contribution < 1.29 is 9.47 Å². The van der Waals surface area contributed by atoms with Crippen LogP contribution in [0.5, 0.6) is 5.75 Å². The molecule has 0 spiro atoms. The highest BCUT2D eigenvalue weighted by Crippen LogP contribution is 2.17. The molecule has 1 N–H and O–H groups in total. The summed E-state index contributed by atoms with van der Waals surface area (Å²) >= 11 is 0. The van der Waals surface area contributed by atoms with E-state index in [9.17, 15) is 0 Å². The Morgan fingerprint density at radius 3 is 2.68 bits per heavy atom. The monoisotopic (exact) mass is 347 g/mol. The molecular formula is C20H33N3O2. The second kappa shape index (κ2) is 10.3. The minimum absolute atomic E-state index is 0.183. The van der Waals surface area contributed by atoms with E-state index in [0.29, 0.717) is 12.6 Å². The van der Waals surface area contributed by atoms with Crippen molar-refractivity contribution in [3.05, 3.63) is 29.8 Å². The molecule has 5 heteroatoms. The number of hydrogen-bond acceptors (Lipinski definition) is 3. The van der Waals surface area contributed by atoms with Gasteiger partial charge in [-0.15, -0.1) is 0 Å². The third kappa shape index (κ3) is 6.58. The molecule has 1 aliphatic rings. The minimum Gasteiger partial charge on any atom is -0.491 e. The van der Waals surface area contributed by atoms with Crippen LogP contribution in [0.25, 0.3) is 0 Å². The SMILES string of the molecule is CCNC(=NCc1cccc(OC(C)C)c1)N1CCC(OCC)CC1. The van der Waals surface area contributed by atoms with E-state index in [-0.39, 0.29) is 6.10 Å². The van der Waals surface area contributed by atoms with Gasteiger partial charge < -0.3 is 19.7 Å². The van der Waals surface area contributed by atoms with Crippen LogP contribution < -0.4 is 10.1 Å². The Bertz CT molecular complexity index is 537. The topological polar surface area (TPSA) is 46.1 Å². The van der Waals surface area contributed by atoms with Gasteiger partial charge in [-0.3, -0.25) is 0 Å². The molecule has 0 radical (unpaired) electrons. The molecule has 1 aromatic carbocycles. The standard InChI is InChI=1S/C20H33N3O2/c1-5-21-20(23-12-10-18(11-13-23)24-6-2)22-15-17-8-7-9-19(14-17)25-16(3)4/h7-9,14,16,18H,5-6,10-13,15H2,1-4H3,(H,21,22). The summed E-state index contributed by atoms with van der Waals surface area (Å²) in [6, 6.07) is 8.20. The van der Waals surface area contributed by atoms with Crippen LogP contribution >= 0.6 is 0 Å². The van der Waals surface area contributed by atoms with Gasteiger partial charge in [0.2, 0.25) is 0 Å². The number of likely N-dealkylation sites (tertiary alicyclic amines) is 1. The van der Waals surface area contributed by atoms with E-state index in [0.717, 1.165) is 56.4 Å². The first-order valence-corrected chi connectivity index (χ1v) is 9.52. The molecule has 0 atom stereocenters. The summed E-state index contributed by atoms with van der Waals surface area (Å²) in [5.74, 6) is 1.90. The van der Waals surface area contributed by atoms with Crippen LogP contribution in [0.2, 0.25) is 0 Å². The molecule has 25 heavy (non-hydrogen) atoms. The van der Waals surface area contributed by atoms with Gasteiger partial charge >= 0.3 is 0 Å². The molecule has 1 heterocycles. The lowest BCUT2D eigenvalue weighted by molar-refractivity contribution is 0.0263. The normalized spacial score (nSPS) is 16.4. The predicted molar refractivity (Wildman–Crippen MR) is 103 cm³/mol. The maximum absolute atomic E-state index is 5.77. The average molecular weight is 348 g/mol. The minimum atomic E-state index is 0.183. The van der Waals surface area contributed by atoms with Gasteiger partial charge in [0, 0.05) is 26.2 Å². The summed E-state index contributed by atoms with van der Waals surface area (Å²) in [5, 5.41) is 3.42. The van der Waals surface area contributed by atoms with Crippen molar-refractivity contribution in [1.29, 1.82) is 0 Å². The molecule has 140 valence electrons. The van der Waals surface area contributed by atoms with Crippen LogP contribution in [-0.4, -0.2) is 49.3 Å². The van der Waals surface area contributed by atoms with Gasteiger partial charge in [-0.05, 0) is 58.2 Å². The number of nitrogens with zero attached hydrogens (tertiary/aromatic N) is 2. The Hall–Kier alpha value is -1.75. The second-order valence-electron chi connectivity index (χ2n) is 6.63. The molecule has 2 rings (SSSR count). The number of benzene rings is 1. The highest BCUT2D eigenvalue weighted by Gasteiger charge is 2.21. The van der Waals surface area contributed by atoms with Crippen LogP contribution in [0, 0.1) is 0 Å². The molecule has 0 bridgehead atoms. The smallest absolute Gasteiger partial charge is 0.194 e. The number of aliphatic imine (C=N–C) groups is 1. The Balaban J connectivity index is 1.98. The summed E-state index contributed by atoms with van der Waals surface area (Å²) in [4.78, 5) is 7.17. The summed E-state index contributed by atoms with van der Waals surface area (Å²) in [6.07, 6.45) is 2.71. The van der Waals surface area contributed by atoms with E-state index in [1.54, 1.807) is 0 Å². The summed E-state index contributed by atoms with van der Waals surface area (Å²) in [5.41, 5.74) is 1.16. The van der Waals surface area contributed by atoms with Crippen molar-refractivity contribution in [2.45, 2.75) is 59.3 Å². The van der Waals surface area contributed by atoms with Crippen LogP contribution in [0.4, 0.5) is 0 Å². The first kappa shape index (κ1) is 19.6. The zero-order valence-electron chi connectivity index (χ0n) is 16.1. The van der Waals surface area contributed by atoms with Crippen molar-refractivity contribution in [2.24, 2.45) is 4.99 Å². The third-order valence-corrected chi connectivity index (χ3v) is 4.16. The number of piperidine rings is 1. The molecule has 1 aromatic rings. The first-order valence-electron chi connectivity index (χ1n) is 9.52. The van der Waals surface area contributed by atoms with Gasteiger partial charge in [-0.2, -0.15) is 0 Å². The molecular weight excluding hydrogens is 314 g/mol. The maximum Gasteiger partial charge on any atom is 0.194 e. The molecule has 1 fully saturated rings. The summed E-state index contributed by atoms with van der Waals surface area (Å²) in [6.45, 7) is 12.6. The second-order valence-corrected chi connectivity index (χ2v) is 6.63. The zero-order valence-corrected chi connectivity index (χ0v) is 16.1. The fraction of sp³-hybridized carbons (Fsp3) is 0.650. The molecule has 0 saturated carbocycles. The third-order valence-electron chi connectivity index (χ3n) is 4.16. The van der Waals surface area contributed by atoms with Crippen LogP contribution in [0.1, 0.15) is 46.1 Å². The van der Waals surface area contributed by atoms with Crippen LogP contribution in [-0.2, 0) is 11.3 Å². The molecule has 0 unspecified atom stereocenters. The lowest BCUT2D eigenvalue weighted by atomic mass is 10.1. The zero-order chi connectivity index (χ0) is 18.1. The van der Waals surface area contributed by atoms with Gasteiger partial charge in [-0.25, -0.2) is 4.99 Å². The van der Waals surface area contributed by atoms with Gasteiger partial charge in [0.15, 0.2) is 5.96 Å². The van der Waals surface area contributed by atoms with Crippen LogP contribution in [0.3, 0.4) is 0 Å². The Morgan fingerprint density at radius 2 is 2.04 bits per heavy atom. The van der Waals surface area contributed by atoms with Crippen LogP contribution in [0.15, 0.2) is 29.3 Å². The molecule has 1 saturated heterocycles. The average Bonchev–Trinajstić information content (AvgIpc) is 2.59. The molecule has 1 aliphatic heterocycles. The van der Waals surface area contributed by atoms with Crippen molar-refractivity contribution in [2.75, 3.05) is 26.2 Å². The molecule has 0 aromatic heterocycles. The van der Waals surface area contributed by atoms with Crippen molar-refractivity contribution >= 4 is 5.96 Å². The first-order chi connectivity index (χ1) is 12.1. The van der Waals surface area contributed by atoms with E-state index in [1.165, 1.54) is 0 Å². The molecule has 0 amide bonds. The highest BCUT2D eigenvalue weighted by atomic mass is 16.5. The van der Waals surface area contributed by atoms with E-state index < -0.39 is 0 Å². The fourth-order valence-corrected chi connectivity index (χ4v) is 3.05. The van der Waals surface area contributed by atoms with Crippen molar-refractivity contribution in [3.63, 3.8) is 0 Å². The molecule has 5 nitrogen and oxygen atoms in total. The molecule has 0 aliphatic carbocycles. The van der Waals surface area contributed by atoms with E-state index in [4.69, 9.17) is 14.5 Å². The number of guanidine groups is 1. The lowest BCUT2D eigenvalue weighted by Crippen LogP contribution is -2.47. The maximum atomic E-state index is 5.77. The Labute approximate surface area is 152 Å². The summed E-state index contributed by atoms with van der Waals surface area (Å²) in [7, 11) is 0. The Kier molecular flexibility index (Phi) is 8.06. The van der Waals surface area contributed by atoms with Gasteiger partial charge in [-0.1, -0.05) is 12.1 Å².